The van der Waals surface area contributed by atoms with Crippen molar-refractivity contribution < 1.29 is 0 Å². The van der Waals surface area contributed by atoms with Gasteiger partial charge in [0.25, 0.3) is 0 Å². The Kier molecular flexibility index (Phi) is 54.0. The summed E-state index contributed by atoms with van der Waals surface area (Å²) in [4.78, 5) is 2.72. The predicted molar refractivity (Wildman–Crippen MR) is 281 cm³/mol. The second kappa shape index (κ2) is 55.0. The Labute approximate surface area is 386 Å². The standard InChI is InChI=1S/C59H114N2/c1-5-8-11-14-17-20-23-26-29-32-35-38-41-44-47-50-53-56-60-57-58-61(4)59(54-51-48-45-42-39-36-33-30-27-24-21-18-15-12-9-6-2)55-52-49-46-43-40-37-34-31-28-25-22-19-16-13-10-7-3/h18-19,21-22,27-28,30-31,59-60H,5-17,20,23-26,29,32-58H2,1-4H3/b21-18-,22-19-,30-27-,31-28-. The van der Waals surface area contributed by atoms with E-state index in [4.69, 9.17) is 0 Å². The van der Waals surface area contributed by atoms with Crippen LogP contribution in [0.15, 0.2) is 48.6 Å². The van der Waals surface area contributed by atoms with Crippen molar-refractivity contribution in [2.24, 2.45) is 0 Å². The van der Waals surface area contributed by atoms with Crippen LogP contribution in [0.2, 0.25) is 0 Å². The lowest BCUT2D eigenvalue weighted by Crippen LogP contribution is -2.37. The van der Waals surface area contributed by atoms with Crippen LogP contribution < -0.4 is 5.32 Å². The number of unbranched alkanes of at least 4 members (excludes halogenated alkanes) is 34. The zero-order valence-electron chi connectivity index (χ0n) is 42.7. The first-order chi connectivity index (χ1) is 30.3. The highest BCUT2D eigenvalue weighted by molar-refractivity contribution is 4.93. The molecule has 2 nitrogen and oxygen atoms in total. The average molecular weight is 852 g/mol. The minimum absolute atomic E-state index is 0.763. The van der Waals surface area contributed by atoms with E-state index in [1.54, 1.807) is 0 Å². The number of hydrogen-bond donors (Lipinski definition) is 1. The van der Waals surface area contributed by atoms with Crippen LogP contribution in [-0.4, -0.2) is 37.6 Å². The lowest BCUT2D eigenvalue weighted by atomic mass is 9.98. The molecular formula is C59H114N2. The van der Waals surface area contributed by atoms with Crippen LogP contribution in [0, 0.1) is 0 Å². The third-order valence-corrected chi connectivity index (χ3v) is 13.2. The molecule has 2 heteroatoms. The highest BCUT2D eigenvalue weighted by atomic mass is 15.1. The molecule has 0 spiro atoms. The first-order valence-corrected chi connectivity index (χ1v) is 28.3. The van der Waals surface area contributed by atoms with Crippen LogP contribution in [0.1, 0.15) is 297 Å². The quantitative estimate of drug-likeness (QED) is 0.0484. The summed E-state index contributed by atoms with van der Waals surface area (Å²) in [6.07, 6.45) is 78.7. The fourth-order valence-corrected chi connectivity index (χ4v) is 8.86. The van der Waals surface area contributed by atoms with Crippen molar-refractivity contribution in [3.8, 4) is 0 Å². The molecule has 61 heavy (non-hydrogen) atoms. The summed E-state index contributed by atoms with van der Waals surface area (Å²) in [5.41, 5.74) is 0. The van der Waals surface area contributed by atoms with E-state index in [9.17, 15) is 0 Å². The maximum absolute atomic E-state index is 3.81. The van der Waals surface area contributed by atoms with E-state index in [2.05, 4.69) is 86.6 Å². The van der Waals surface area contributed by atoms with E-state index in [1.165, 1.54) is 276 Å². The van der Waals surface area contributed by atoms with Gasteiger partial charge in [-0.3, -0.25) is 0 Å². The number of rotatable bonds is 52. The molecule has 0 fully saturated rings. The van der Waals surface area contributed by atoms with Crippen molar-refractivity contribution in [2.75, 3.05) is 26.7 Å². The minimum Gasteiger partial charge on any atom is -0.315 e. The Morgan fingerprint density at radius 2 is 0.590 bits per heavy atom. The van der Waals surface area contributed by atoms with E-state index < -0.39 is 0 Å². The van der Waals surface area contributed by atoms with E-state index >= 15 is 0 Å². The van der Waals surface area contributed by atoms with Gasteiger partial charge in [0.05, 0.1) is 0 Å². The molecule has 0 atom stereocenters. The molecule has 1 N–H and O–H groups in total. The minimum atomic E-state index is 0.763. The Morgan fingerprint density at radius 3 is 0.951 bits per heavy atom. The number of nitrogens with one attached hydrogen (secondary N) is 1. The Balaban J connectivity index is 4.15. The van der Waals surface area contributed by atoms with Gasteiger partial charge in [-0.05, 0) is 97.1 Å². The highest BCUT2D eigenvalue weighted by Crippen LogP contribution is 2.19. The van der Waals surface area contributed by atoms with Crippen LogP contribution in [0.25, 0.3) is 0 Å². The predicted octanol–water partition coefficient (Wildman–Crippen LogP) is 19.9. The number of nitrogens with zero attached hydrogens (tertiary/aromatic N) is 1. The fourth-order valence-electron chi connectivity index (χ4n) is 8.86. The van der Waals surface area contributed by atoms with Crippen molar-refractivity contribution in [1.82, 2.24) is 10.2 Å². The lowest BCUT2D eigenvalue weighted by molar-refractivity contribution is 0.210. The molecule has 0 radical (unpaired) electrons. The SMILES string of the molecule is CCCCC/C=C\C/C=C\CCCCCCCCC(CCCCCCCC/C=C\C/C=C\CCCCC)N(C)CCNCCCCCCCCCCCCCCCCCCC. The normalized spacial score (nSPS) is 12.4. The molecule has 0 saturated carbocycles. The van der Waals surface area contributed by atoms with Gasteiger partial charge < -0.3 is 10.2 Å². The number of hydrogen-bond acceptors (Lipinski definition) is 2. The molecule has 0 aliphatic carbocycles. The maximum Gasteiger partial charge on any atom is 0.0107 e. The van der Waals surface area contributed by atoms with Crippen molar-refractivity contribution in [3.05, 3.63) is 48.6 Å². The van der Waals surface area contributed by atoms with Gasteiger partial charge in [0.1, 0.15) is 0 Å². The summed E-state index contributed by atoms with van der Waals surface area (Å²) in [6, 6.07) is 0.763. The summed E-state index contributed by atoms with van der Waals surface area (Å²) in [5, 5.41) is 3.81. The topological polar surface area (TPSA) is 15.3 Å². The van der Waals surface area contributed by atoms with Crippen LogP contribution in [0.3, 0.4) is 0 Å². The van der Waals surface area contributed by atoms with Gasteiger partial charge in [0.15, 0.2) is 0 Å². The third-order valence-electron chi connectivity index (χ3n) is 13.2. The van der Waals surface area contributed by atoms with Crippen molar-refractivity contribution >= 4 is 0 Å². The second-order valence-electron chi connectivity index (χ2n) is 19.3. The van der Waals surface area contributed by atoms with Gasteiger partial charge in [-0.2, -0.15) is 0 Å². The van der Waals surface area contributed by atoms with Gasteiger partial charge >= 0.3 is 0 Å². The summed E-state index contributed by atoms with van der Waals surface area (Å²) < 4.78 is 0. The highest BCUT2D eigenvalue weighted by Gasteiger charge is 2.14. The van der Waals surface area contributed by atoms with Crippen LogP contribution in [-0.2, 0) is 0 Å². The molecule has 0 bridgehead atoms. The van der Waals surface area contributed by atoms with Crippen molar-refractivity contribution in [2.45, 2.75) is 303 Å². The number of likely N-dealkylation sites (N-methyl/N-ethyl adjacent to an activating group) is 1. The first kappa shape index (κ1) is 59.9. The van der Waals surface area contributed by atoms with Crippen LogP contribution >= 0.6 is 0 Å². The molecule has 0 heterocycles. The van der Waals surface area contributed by atoms with Gasteiger partial charge in [0, 0.05) is 19.1 Å². The van der Waals surface area contributed by atoms with E-state index in [0.29, 0.717) is 0 Å². The fraction of sp³-hybridized carbons (Fsp3) is 0.864. The largest absolute Gasteiger partial charge is 0.315 e. The van der Waals surface area contributed by atoms with Crippen LogP contribution in [0.5, 0.6) is 0 Å². The summed E-state index contributed by atoms with van der Waals surface area (Å²) in [5.74, 6) is 0. The van der Waals surface area contributed by atoms with Gasteiger partial charge in [-0.25, -0.2) is 0 Å². The molecular weight excluding hydrogens is 737 g/mol. The molecule has 0 aromatic heterocycles. The summed E-state index contributed by atoms with van der Waals surface area (Å²) in [7, 11) is 2.42. The number of allylic oxidation sites excluding steroid dienone is 8. The Morgan fingerprint density at radius 1 is 0.311 bits per heavy atom. The molecule has 360 valence electrons. The lowest BCUT2D eigenvalue weighted by Gasteiger charge is -2.28. The van der Waals surface area contributed by atoms with E-state index in [-0.39, 0.29) is 0 Å². The molecule has 0 saturated heterocycles. The summed E-state index contributed by atoms with van der Waals surface area (Å²) >= 11 is 0. The molecule has 0 aromatic rings. The zero-order chi connectivity index (χ0) is 44.0. The molecule has 0 aromatic carbocycles. The zero-order valence-corrected chi connectivity index (χ0v) is 42.7. The first-order valence-electron chi connectivity index (χ1n) is 28.3. The monoisotopic (exact) mass is 851 g/mol. The smallest absolute Gasteiger partial charge is 0.0107 e. The van der Waals surface area contributed by atoms with E-state index in [1.807, 2.05) is 0 Å². The van der Waals surface area contributed by atoms with Crippen molar-refractivity contribution in [3.63, 3.8) is 0 Å². The van der Waals surface area contributed by atoms with Gasteiger partial charge in [-0.15, -0.1) is 0 Å². The van der Waals surface area contributed by atoms with Gasteiger partial charge in [-0.1, -0.05) is 262 Å². The average Bonchev–Trinajstić information content (AvgIpc) is 3.27. The van der Waals surface area contributed by atoms with Crippen LogP contribution in [0.4, 0.5) is 0 Å². The molecule has 0 aliphatic heterocycles. The second-order valence-corrected chi connectivity index (χ2v) is 19.3. The van der Waals surface area contributed by atoms with E-state index in [0.717, 1.165) is 25.4 Å². The third kappa shape index (κ3) is 51.4. The summed E-state index contributed by atoms with van der Waals surface area (Å²) in [6.45, 7) is 10.4. The Bertz CT molecular complexity index is 852. The molecule has 0 unspecified atom stereocenters. The Hall–Kier alpha value is -1.12. The maximum atomic E-state index is 3.81. The van der Waals surface area contributed by atoms with Crippen molar-refractivity contribution in [1.29, 1.82) is 0 Å². The molecule has 0 amide bonds. The molecule has 0 aliphatic rings. The van der Waals surface area contributed by atoms with Gasteiger partial charge in [0.2, 0.25) is 0 Å². The molecule has 0 rings (SSSR count).